The summed E-state index contributed by atoms with van der Waals surface area (Å²) in [6, 6.07) is 0.269. The van der Waals surface area contributed by atoms with Crippen LogP contribution in [0.2, 0.25) is 0 Å². The smallest absolute Gasteiger partial charge is 0.317 e. The van der Waals surface area contributed by atoms with E-state index >= 15 is 0 Å². The molecule has 1 aliphatic heterocycles. The van der Waals surface area contributed by atoms with Crippen LogP contribution in [0.15, 0.2) is 0 Å². The van der Waals surface area contributed by atoms with Crippen LogP contribution in [0.5, 0.6) is 0 Å². The fraction of sp³-hybridized carbons (Fsp3) is 0.875. The van der Waals surface area contributed by atoms with Gasteiger partial charge in [0.2, 0.25) is 0 Å². The predicted octanol–water partition coefficient (Wildman–Crippen LogP) is 2.71. The van der Waals surface area contributed by atoms with Gasteiger partial charge in [-0.1, -0.05) is 13.3 Å². The van der Waals surface area contributed by atoms with Crippen LogP contribution in [0, 0.1) is 17.3 Å². The molecule has 0 aromatic carbocycles. The van der Waals surface area contributed by atoms with E-state index in [-0.39, 0.29) is 18.0 Å². The molecule has 0 radical (unpaired) electrons. The van der Waals surface area contributed by atoms with Gasteiger partial charge in [0.05, 0.1) is 5.41 Å². The fourth-order valence-corrected chi connectivity index (χ4v) is 3.54. The first-order valence-electron chi connectivity index (χ1n) is 8.11. The number of hydrogen-bond acceptors (Lipinski definition) is 2. The van der Waals surface area contributed by atoms with Gasteiger partial charge in [0.25, 0.3) is 0 Å². The summed E-state index contributed by atoms with van der Waals surface area (Å²) >= 11 is 0. The molecule has 1 saturated heterocycles. The number of carbonyl (C=O) groups excluding carboxylic acids is 1. The third kappa shape index (κ3) is 3.50. The zero-order chi connectivity index (χ0) is 15.6. The molecule has 1 aliphatic carbocycles. The van der Waals surface area contributed by atoms with Crippen molar-refractivity contribution in [3.63, 3.8) is 0 Å². The zero-order valence-corrected chi connectivity index (χ0v) is 13.4. The zero-order valence-electron chi connectivity index (χ0n) is 13.4. The van der Waals surface area contributed by atoms with Gasteiger partial charge in [-0.15, -0.1) is 0 Å². The number of carboxylic acid groups (broad SMARTS) is 1. The van der Waals surface area contributed by atoms with Crippen molar-refractivity contribution in [2.24, 2.45) is 17.3 Å². The topological polar surface area (TPSA) is 69.6 Å². The Morgan fingerprint density at radius 3 is 2.48 bits per heavy atom. The lowest BCUT2D eigenvalue weighted by atomic mass is 9.74. The Balaban J connectivity index is 1.94. The largest absolute Gasteiger partial charge is 0.481 e. The van der Waals surface area contributed by atoms with E-state index in [1.165, 1.54) is 12.8 Å². The highest BCUT2D eigenvalue weighted by Crippen LogP contribution is 2.34. The van der Waals surface area contributed by atoms with Gasteiger partial charge in [-0.25, -0.2) is 4.79 Å². The molecule has 2 fully saturated rings. The molecule has 0 bridgehead atoms. The molecule has 3 unspecified atom stereocenters. The second kappa shape index (κ2) is 6.24. The van der Waals surface area contributed by atoms with Crippen molar-refractivity contribution in [1.82, 2.24) is 10.2 Å². The minimum absolute atomic E-state index is 0.0142. The van der Waals surface area contributed by atoms with Gasteiger partial charge in [-0.2, -0.15) is 0 Å². The highest BCUT2D eigenvalue weighted by molar-refractivity contribution is 5.76. The van der Waals surface area contributed by atoms with Gasteiger partial charge in [0.1, 0.15) is 0 Å². The Labute approximate surface area is 127 Å². The van der Waals surface area contributed by atoms with Gasteiger partial charge in [0.15, 0.2) is 0 Å². The number of hydrogen-bond donors (Lipinski definition) is 2. The molecule has 0 aromatic heterocycles. The summed E-state index contributed by atoms with van der Waals surface area (Å²) in [4.78, 5) is 25.6. The van der Waals surface area contributed by atoms with Crippen molar-refractivity contribution in [2.75, 3.05) is 13.1 Å². The van der Waals surface area contributed by atoms with Gasteiger partial charge >= 0.3 is 12.0 Å². The first kappa shape index (κ1) is 16.1. The molecule has 21 heavy (non-hydrogen) atoms. The summed E-state index contributed by atoms with van der Waals surface area (Å²) < 4.78 is 0. The normalized spacial score (nSPS) is 30.2. The monoisotopic (exact) mass is 296 g/mol. The molecule has 2 N–H and O–H groups in total. The number of carbonyl (C=O) groups is 2. The highest BCUT2D eigenvalue weighted by Gasteiger charge is 2.40. The molecular formula is C16H28N2O3. The van der Waals surface area contributed by atoms with Crippen molar-refractivity contribution in [3.05, 3.63) is 0 Å². The second-order valence-electron chi connectivity index (χ2n) is 7.28. The number of likely N-dealkylation sites (tertiary alicyclic amines) is 1. The van der Waals surface area contributed by atoms with Crippen LogP contribution in [-0.4, -0.2) is 41.1 Å². The molecule has 2 amide bonds. The van der Waals surface area contributed by atoms with E-state index in [1.807, 2.05) is 4.90 Å². The maximum absolute atomic E-state index is 12.4. The Bertz CT molecular complexity index is 408. The number of urea groups is 1. The summed E-state index contributed by atoms with van der Waals surface area (Å²) in [6.45, 7) is 7.00. The molecular weight excluding hydrogens is 268 g/mol. The van der Waals surface area contributed by atoms with Gasteiger partial charge in [-0.3, -0.25) is 4.79 Å². The third-order valence-electron chi connectivity index (χ3n) is 5.45. The van der Waals surface area contributed by atoms with E-state index < -0.39 is 11.4 Å². The average molecular weight is 296 g/mol. The number of carboxylic acids is 1. The Morgan fingerprint density at radius 1 is 1.19 bits per heavy atom. The van der Waals surface area contributed by atoms with Crippen LogP contribution >= 0.6 is 0 Å². The van der Waals surface area contributed by atoms with Crippen LogP contribution < -0.4 is 5.32 Å². The average Bonchev–Trinajstić information content (AvgIpc) is 2.84. The third-order valence-corrected chi connectivity index (χ3v) is 5.45. The van der Waals surface area contributed by atoms with Crippen molar-refractivity contribution < 1.29 is 14.7 Å². The molecule has 120 valence electrons. The van der Waals surface area contributed by atoms with Crippen molar-refractivity contribution in [3.8, 4) is 0 Å². The van der Waals surface area contributed by atoms with Crippen molar-refractivity contribution in [2.45, 2.75) is 58.9 Å². The maximum atomic E-state index is 12.4. The first-order chi connectivity index (χ1) is 9.82. The minimum atomic E-state index is -0.779. The molecule has 3 atom stereocenters. The predicted molar refractivity (Wildman–Crippen MR) is 81.0 cm³/mol. The number of piperidine rings is 1. The summed E-state index contributed by atoms with van der Waals surface area (Å²) in [7, 11) is 0. The van der Waals surface area contributed by atoms with E-state index in [0.29, 0.717) is 12.5 Å². The van der Waals surface area contributed by atoms with Gasteiger partial charge in [0, 0.05) is 19.1 Å². The van der Waals surface area contributed by atoms with E-state index in [2.05, 4.69) is 12.2 Å². The lowest BCUT2D eigenvalue weighted by molar-refractivity contribution is -0.151. The molecule has 0 spiro atoms. The second-order valence-corrected chi connectivity index (χ2v) is 7.28. The van der Waals surface area contributed by atoms with E-state index in [4.69, 9.17) is 0 Å². The van der Waals surface area contributed by atoms with Gasteiger partial charge in [-0.05, 0) is 51.4 Å². The van der Waals surface area contributed by atoms with E-state index in [0.717, 1.165) is 25.8 Å². The molecule has 2 aliphatic rings. The van der Waals surface area contributed by atoms with Crippen molar-refractivity contribution in [1.29, 1.82) is 0 Å². The Hall–Kier alpha value is -1.26. The van der Waals surface area contributed by atoms with Crippen LogP contribution in [0.25, 0.3) is 0 Å². The van der Waals surface area contributed by atoms with E-state index in [1.54, 1.807) is 13.8 Å². The van der Waals surface area contributed by atoms with Crippen molar-refractivity contribution >= 4 is 12.0 Å². The summed E-state index contributed by atoms with van der Waals surface area (Å²) in [5.74, 6) is -0.209. The molecule has 1 saturated carbocycles. The minimum Gasteiger partial charge on any atom is -0.481 e. The lowest BCUT2D eigenvalue weighted by Crippen LogP contribution is -2.52. The van der Waals surface area contributed by atoms with Crippen LogP contribution in [0.1, 0.15) is 52.9 Å². The quantitative estimate of drug-likeness (QED) is 0.841. The van der Waals surface area contributed by atoms with Gasteiger partial charge < -0.3 is 15.3 Å². The Kier molecular flexibility index (Phi) is 4.79. The molecule has 5 heteroatoms. The molecule has 0 aromatic rings. The fourth-order valence-electron chi connectivity index (χ4n) is 3.54. The number of rotatable bonds is 3. The lowest BCUT2D eigenvalue weighted by Gasteiger charge is -2.39. The summed E-state index contributed by atoms with van der Waals surface area (Å²) in [6.07, 6.45) is 5.18. The SMILES string of the molecule is CC1CCCC1NC(=O)N1CCCC(C(C)(C)C(=O)O)C1. The number of nitrogens with one attached hydrogen (secondary N) is 1. The van der Waals surface area contributed by atoms with Crippen LogP contribution in [0.3, 0.4) is 0 Å². The maximum Gasteiger partial charge on any atom is 0.317 e. The molecule has 2 rings (SSSR count). The van der Waals surface area contributed by atoms with Crippen LogP contribution in [-0.2, 0) is 4.79 Å². The standard InChI is InChI=1S/C16H28N2O3/c1-11-6-4-8-13(11)17-15(21)18-9-5-7-12(10-18)16(2,3)14(19)20/h11-13H,4-10H2,1-3H3,(H,17,21)(H,19,20). The van der Waals surface area contributed by atoms with E-state index in [9.17, 15) is 14.7 Å². The summed E-state index contributed by atoms with van der Waals surface area (Å²) in [5.41, 5.74) is -0.778. The highest BCUT2D eigenvalue weighted by atomic mass is 16.4. The number of nitrogens with zero attached hydrogens (tertiary/aromatic N) is 1. The first-order valence-corrected chi connectivity index (χ1v) is 8.11. The molecule has 1 heterocycles. The summed E-state index contributed by atoms with van der Waals surface area (Å²) in [5, 5.41) is 12.5. The molecule has 5 nitrogen and oxygen atoms in total. The van der Waals surface area contributed by atoms with Crippen LogP contribution in [0.4, 0.5) is 4.79 Å². The number of aliphatic carboxylic acids is 1. The Morgan fingerprint density at radius 2 is 1.90 bits per heavy atom. The number of amides is 2.